The SMILES string of the molecule is Fc1cc(C(Br)c2cc(Cl)c(Br)s2)c(F)cc1Cl. The van der Waals surface area contributed by atoms with Crippen molar-refractivity contribution in [3.8, 4) is 0 Å². The predicted molar refractivity (Wildman–Crippen MR) is 79.2 cm³/mol. The molecule has 0 aliphatic carbocycles. The van der Waals surface area contributed by atoms with Crippen LogP contribution in [0.2, 0.25) is 10.0 Å². The Morgan fingerprint density at radius 2 is 1.72 bits per heavy atom. The fraction of sp³-hybridized carbons (Fsp3) is 0.0909. The van der Waals surface area contributed by atoms with Gasteiger partial charge in [0.2, 0.25) is 0 Å². The lowest BCUT2D eigenvalue weighted by Gasteiger charge is -2.10. The topological polar surface area (TPSA) is 0 Å². The minimum Gasteiger partial charge on any atom is -0.207 e. The number of rotatable bonds is 2. The predicted octanol–water partition coefficient (Wildman–Crippen LogP) is 6.58. The van der Waals surface area contributed by atoms with Crippen LogP contribution in [0.4, 0.5) is 8.78 Å². The average molecular weight is 437 g/mol. The van der Waals surface area contributed by atoms with Gasteiger partial charge in [-0.1, -0.05) is 39.1 Å². The van der Waals surface area contributed by atoms with Crippen LogP contribution in [0.25, 0.3) is 0 Å². The molecular formula is C11H4Br2Cl2F2S. The molecule has 1 heterocycles. The van der Waals surface area contributed by atoms with Gasteiger partial charge in [-0.25, -0.2) is 8.78 Å². The van der Waals surface area contributed by atoms with Crippen LogP contribution in [0.3, 0.4) is 0 Å². The summed E-state index contributed by atoms with van der Waals surface area (Å²) >= 11 is 19.4. The van der Waals surface area contributed by atoms with Crippen molar-refractivity contribution in [2.75, 3.05) is 0 Å². The molecule has 0 bridgehead atoms. The van der Waals surface area contributed by atoms with Gasteiger partial charge in [-0.3, -0.25) is 0 Å². The van der Waals surface area contributed by atoms with Gasteiger partial charge in [0, 0.05) is 10.4 Å². The molecule has 0 saturated heterocycles. The highest BCUT2D eigenvalue weighted by molar-refractivity contribution is 9.11. The number of benzene rings is 1. The van der Waals surface area contributed by atoms with Crippen molar-refractivity contribution >= 4 is 66.4 Å². The van der Waals surface area contributed by atoms with Crippen molar-refractivity contribution in [3.05, 3.63) is 54.1 Å². The molecule has 2 aromatic rings. The second-order valence-corrected chi connectivity index (χ2v) is 7.55. The second kappa shape index (κ2) is 5.75. The second-order valence-electron chi connectivity index (χ2n) is 3.42. The van der Waals surface area contributed by atoms with Crippen LogP contribution >= 0.6 is 66.4 Å². The molecule has 96 valence electrons. The fourth-order valence-corrected chi connectivity index (χ4v) is 4.03. The summed E-state index contributed by atoms with van der Waals surface area (Å²) in [5.41, 5.74) is 0.183. The highest BCUT2D eigenvalue weighted by atomic mass is 79.9. The Kier molecular flexibility index (Phi) is 4.70. The molecule has 0 aliphatic rings. The van der Waals surface area contributed by atoms with Gasteiger partial charge in [-0.15, -0.1) is 11.3 Å². The van der Waals surface area contributed by atoms with Crippen LogP contribution in [0, 0.1) is 11.6 Å². The number of halogens is 6. The third-order valence-corrected chi connectivity index (χ3v) is 6.35. The van der Waals surface area contributed by atoms with E-state index in [0.717, 1.165) is 20.8 Å². The minimum absolute atomic E-state index is 0.183. The first-order chi connectivity index (χ1) is 8.40. The van der Waals surface area contributed by atoms with E-state index < -0.39 is 16.5 Å². The maximum atomic E-state index is 13.8. The number of alkyl halides is 1. The van der Waals surface area contributed by atoms with Gasteiger partial charge >= 0.3 is 0 Å². The molecule has 7 heteroatoms. The van der Waals surface area contributed by atoms with Crippen molar-refractivity contribution in [3.63, 3.8) is 0 Å². The maximum absolute atomic E-state index is 13.8. The Bertz CT molecular complexity index is 581. The summed E-state index contributed by atoms with van der Waals surface area (Å²) in [4.78, 5) is 0.297. The van der Waals surface area contributed by atoms with Gasteiger partial charge in [-0.2, -0.15) is 0 Å². The Morgan fingerprint density at radius 1 is 1.06 bits per heavy atom. The van der Waals surface area contributed by atoms with E-state index in [9.17, 15) is 8.78 Å². The smallest absolute Gasteiger partial charge is 0.142 e. The van der Waals surface area contributed by atoms with E-state index in [1.807, 2.05) is 0 Å². The van der Waals surface area contributed by atoms with Gasteiger partial charge in [0.05, 0.1) is 18.7 Å². The Morgan fingerprint density at radius 3 is 2.28 bits per heavy atom. The number of hydrogen-bond donors (Lipinski definition) is 0. The number of thiophene rings is 1. The molecule has 0 amide bonds. The highest BCUT2D eigenvalue weighted by Crippen LogP contribution is 2.42. The summed E-state index contributed by atoms with van der Waals surface area (Å²) in [6.07, 6.45) is 0. The van der Waals surface area contributed by atoms with Crippen LogP contribution in [0.5, 0.6) is 0 Å². The van der Waals surface area contributed by atoms with E-state index in [0.29, 0.717) is 5.02 Å². The van der Waals surface area contributed by atoms with E-state index in [1.165, 1.54) is 11.3 Å². The van der Waals surface area contributed by atoms with Gasteiger partial charge in [-0.05, 0) is 34.1 Å². The van der Waals surface area contributed by atoms with Crippen molar-refractivity contribution in [1.29, 1.82) is 0 Å². The summed E-state index contributed by atoms with van der Waals surface area (Å²) in [6, 6.07) is 3.74. The quantitative estimate of drug-likeness (QED) is 0.368. The molecule has 2 rings (SSSR count). The zero-order chi connectivity index (χ0) is 13.4. The molecule has 1 aromatic heterocycles. The Hall–Kier alpha value is 0.320. The molecule has 0 radical (unpaired) electrons. The summed E-state index contributed by atoms with van der Waals surface area (Å²) in [5, 5.41) is 0.302. The summed E-state index contributed by atoms with van der Waals surface area (Å²) in [7, 11) is 0. The van der Waals surface area contributed by atoms with E-state index in [1.54, 1.807) is 6.07 Å². The Balaban J connectivity index is 2.45. The van der Waals surface area contributed by atoms with Gasteiger partial charge in [0.1, 0.15) is 11.6 Å². The summed E-state index contributed by atoms with van der Waals surface area (Å²) in [5.74, 6) is -1.22. The highest BCUT2D eigenvalue weighted by Gasteiger charge is 2.20. The molecule has 1 atom stereocenters. The van der Waals surface area contributed by atoms with E-state index in [2.05, 4.69) is 31.9 Å². The minimum atomic E-state index is -0.653. The van der Waals surface area contributed by atoms with Crippen molar-refractivity contribution < 1.29 is 8.78 Å². The van der Waals surface area contributed by atoms with Crippen molar-refractivity contribution in [1.82, 2.24) is 0 Å². The van der Waals surface area contributed by atoms with E-state index >= 15 is 0 Å². The molecule has 0 saturated carbocycles. The standard InChI is InChI=1S/C11H4Br2Cl2F2S/c12-10(9-3-6(15)11(13)18-9)4-1-8(17)5(14)2-7(4)16/h1-3,10H. The lowest BCUT2D eigenvalue weighted by Crippen LogP contribution is -1.96. The van der Waals surface area contributed by atoms with Gasteiger partial charge in [0.25, 0.3) is 0 Å². The first-order valence-electron chi connectivity index (χ1n) is 4.63. The molecule has 0 fully saturated rings. The molecule has 0 spiro atoms. The molecule has 0 N–H and O–H groups in total. The average Bonchev–Trinajstić information content (AvgIpc) is 2.63. The van der Waals surface area contributed by atoms with Crippen molar-refractivity contribution in [2.45, 2.75) is 4.83 Å². The van der Waals surface area contributed by atoms with E-state index in [4.69, 9.17) is 23.2 Å². The van der Waals surface area contributed by atoms with Crippen molar-refractivity contribution in [2.24, 2.45) is 0 Å². The zero-order valence-corrected chi connectivity index (χ0v) is 14.0. The molecule has 0 aliphatic heterocycles. The van der Waals surface area contributed by atoms with Crippen LogP contribution < -0.4 is 0 Å². The lowest BCUT2D eigenvalue weighted by molar-refractivity contribution is 0.589. The van der Waals surface area contributed by atoms with Crippen LogP contribution in [0.1, 0.15) is 15.3 Å². The molecular weight excluding hydrogens is 433 g/mol. The normalized spacial score (nSPS) is 12.8. The monoisotopic (exact) mass is 434 g/mol. The van der Waals surface area contributed by atoms with E-state index in [-0.39, 0.29) is 10.6 Å². The van der Waals surface area contributed by atoms with Gasteiger partial charge < -0.3 is 0 Å². The van der Waals surface area contributed by atoms with Crippen LogP contribution in [0.15, 0.2) is 22.0 Å². The Labute approximate surface area is 133 Å². The summed E-state index contributed by atoms with van der Waals surface area (Å²) in [6.45, 7) is 0. The molecule has 1 unspecified atom stereocenters. The van der Waals surface area contributed by atoms with Gasteiger partial charge in [0.15, 0.2) is 0 Å². The maximum Gasteiger partial charge on any atom is 0.142 e. The fourth-order valence-electron chi connectivity index (χ4n) is 1.37. The molecule has 18 heavy (non-hydrogen) atoms. The molecule has 1 aromatic carbocycles. The van der Waals surface area contributed by atoms with Crippen LogP contribution in [-0.4, -0.2) is 0 Å². The van der Waals surface area contributed by atoms with Crippen LogP contribution in [-0.2, 0) is 0 Å². The third-order valence-electron chi connectivity index (χ3n) is 2.23. The molecule has 0 nitrogen and oxygen atoms in total. The third kappa shape index (κ3) is 2.90. The lowest BCUT2D eigenvalue weighted by atomic mass is 10.1. The first-order valence-corrected chi connectivity index (χ1v) is 7.91. The zero-order valence-electron chi connectivity index (χ0n) is 8.49. The largest absolute Gasteiger partial charge is 0.207 e. The first kappa shape index (κ1) is 14.7. The summed E-state index contributed by atoms with van der Waals surface area (Å²) < 4.78 is 27.9. The number of hydrogen-bond acceptors (Lipinski definition) is 1.